The fraction of sp³-hybridized carbons (Fsp3) is 0.591. The molecule has 0 bridgehead atoms. The topological polar surface area (TPSA) is 92.4 Å². The predicted octanol–water partition coefficient (Wildman–Crippen LogP) is 2.71. The summed E-state index contributed by atoms with van der Waals surface area (Å²) in [5, 5.41) is 3.97. The molecule has 2 aromatic heterocycles. The molecule has 0 spiro atoms. The summed E-state index contributed by atoms with van der Waals surface area (Å²) in [5.41, 5.74) is 0.833. The first kappa shape index (κ1) is 20.5. The van der Waals surface area contributed by atoms with Gasteiger partial charge < -0.3 is 14.3 Å². The van der Waals surface area contributed by atoms with Gasteiger partial charge in [-0.2, -0.15) is 4.98 Å². The molecule has 1 aliphatic carbocycles. The highest BCUT2D eigenvalue weighted by molar-refractivity contribution is 5.78. The number of aromatic nitrogens is 3. The normalized spacial score (nSPS) is 17.5. The molecular weight excluding hydrogens is 382 g/mol. The molecule has 1 aliphatic heterocycles. The van der Waals surface area contributed by atoms with E-state index in [-0.39, 0.29) is 11.8 Å². The van der Waals surface area contributed by atoms with E-state index in [1.807, 2.05) is 21.9 Å². The Morgan fingerprint density at radius 2 is 1.60 bits per heavy atom. The Morgan fingerprint density at radius 3 is 2.27 bits per heavy atom. The van der Waals surface area contributed by atoms with Gasteiger partial charge in [-0.15, -0.1) is 0 Å². The molecule has 0 N–H and O–H groups in total. The van der Waals surface area contributed by atoms with E-state index < -0.39 is 0 Å². The van der Waals surface area contributed by atoms with E-state index in [1.165, 1.54) is 25.7 Å². The van der Waals surface area contributed by atoms with Crippen LogP contribution in [0.4, 0.5) is 0 Å². The molecule has 2 fully saturated rings. The Kier molecular flexibility index (Phi) is 6.71. The maximum atomic E-state index is 12.5. The lowest BCUT2D eigenvalue weighted by Crippen LogP contribution is -2.50. The van der Waals surface area contributed by atoms with Crippen molar-refractivity contribution in [1.82, 2.24) is 24.9 Å². The quantitative estimate of drug-likeness (QED) is 0.696. The van der Waals surface area contributed by atoms with Gasteiger partial charge in [-0.05, 0) is 24.5 Å². The molecule has 8 heteroatoms. The minimum absolute atomic E-state index is 0.0664. The molecule has 3 heterocycles. The third-order valence-corrected chi connectivity index (χ3v) is 6.19. The number of aryl methyl sites for hydroxylation is 1. The zero-order valence-corrected chi connectivity index (χ0v) is 17.3. The first-order chi connectivity index (χ1) is 14.7. The SMILES string of the molecule is O=C(CCc1nc(-c2ccncc2)no1)N1CCN(C(=O)CCC2CCCC2)CC1. The van der Waals surface area contributed by atoms with Gasteiger partial charge in [0.2, 0.25) is 23.5 Å². The number of pyridine rings is 1. The molecule has 8 nitrogen and oxygen atoms in total. The van der Waals surface area contributed by atoms with Gasteiger partial charge in [0.25, 0.3) is 0 Å². The number of hydrogen-bond acceptors (Lipinski definition) is 6. The Balaban J connectivity index is 1.18. The van der Waals surface area contributed by atoms with Gasteiger partial charge in [0, 0.05) is 63.4 Å². The van der Waals surface area contributed by atoms with Crippen molar-refractivity contribution in [1.29, 1.82) is 0 Å². The van der Waals surface area contributed by atoms with Crippen LogP contribution in [0.1, 0.15) is 50.8 Å². The molecule has 30 heavy (non-hydrogen) atoms. The second-order valence-corrected chi connectivity index (χ2v) is 8.20. The van der Waals surface area contributed by atoms with Crippen LogP contribution < -0.4 is 0 Å². The number of rotatable bonds is 7. The minimum Gasteiger partial charge on any atom is -0.339 e. The standard InChI is InChI=1S/C22H29N5O3/c28-20(7-5-17-3-1-2-4-17)26-13-15-27(16-14-26)21(29)8-6-19-24-22(25-30-19)18-9-11-23-12-10-18/h9-12,17H,1-8,13-16H2. The third kappa shape index (κ3) is 5.23. The number of amides is 2. The highest BCUT2D eigenvalue weighted by atomic mass is 16.5. The Labute approximate surface area is 176 Å². The van der Waals surface area contributed by atoms with Crippen LogP contribution in [0, 0.1) is 5.92 Å². The second-order valence-electron chi connectivity index (χ2n) is 8.20. The van der Waals surface area contributed by atoms with Crippen LogP contribution in [0.3, 0.4) is 0 Å². The predicted molar refractivity (Wildman–Crippen MR) is 110 cm³/mol. The van der Waals surface area contributed by atoms with Crippen molar-refractivity contribution in [3.63, 3.8) is 0 Å². The van der Waals surface area contributed by atoms with Crippen LogP contribution in [0.2, 0.25) is 0 Å². The van der Waals surface area contributed by atoms with Crippen molar-refractivity contribution in [2.75, 3.05) is 26.2 Å². The molecule has 1 saturated heterocycles. The fourth-order valence-electron chi connectivity index (χ4n) is 4.34. The summed E-state index contributed by atoms with van der Waals surface area (Å²) in [7, 11) is 0. The van der Waals surface area contributed by atoms with Crippen LogP contribution in [0.5, 0.6) is 0 Å². The number of nitrogens with zero attached hydrogens (tertiary/aromatic N) is 5. The van der Waals surface area contributed by atoms with Crippen molar-refractivity contribution < 1.29 is 14.1 Å². The van der Waals surface area contributed by atoms with E-state index in [4.69, 9.17) is 4.52 Å². The summed E-state index contributed by atoms with van der Waals surface area (Å²) in [6.45, 7) is 2.45. The zero-order chi connectivity index (χ0) is 20.8. The Hall–Kier alpha value is -2.77. The minimum atomic E-state index is 0.0664. The average Bonchev–Trinajstić information content (AvgIpc) is 3.49. The largest absolute Gasteiger partial charge is 0.339 e. The van der Waals surface area contributed by atoms with E-state index in [0.29, 0.717) is 57.2 Å². The first-order valence-electron chi connectivity index (χ1n) is 11.0. The second kappa shape index (κ2) is 9.82. The number of hydrogen-bond donors (Lipinski definition) is 0. The van der Waals surface area contributed by atoms with Gasteiger partial charge in [0.15, 0.2) is 0 Å². The molecule has 1 saturated carbocycles. The van der Waals surface area contributed by atoms with Crippen molar-refractivity contribution in [2.24, 2.45) is 5.92 Å². The fourth-order valence-corrected chi connectivity index (χ4v) is 4.34. The lowest BCUT2D eigenvalue weighted by Gasteiger charge is -2.35. The van der Waals surface area contributed by atoms with Crippen LogP contribution in [0.15, 0.2) is 29.0 Å². The van der Waals surface area contributed by atoms with Gasteiger partial charge in [-0.3, -0.25) is 14.6 Å². The average molecular weight is 412 g/mol. The van der Waals surface area contributed by atoms with Gasteiger partial charge >= 0.3 is 0 Å². The van der Waals surface area contributed by atoms with Crippen LogP contribution in [-0.2, 0) is 16.0 Å². The molecule has 2 amide bonds. The smallest absolute Gasteiger partial charge is 0.227 e. The highest BCUT2D eigenvalue weighted by Crippen LogP contribution is 2.28. The summed E-state index contributed by atoms with van der Waals surface area (Å²) in [5.74, 6) is 2.00. The van der Waals surface area contributed by atoms with E-state index >= 15 is 0 Å². The number of carbonyl (C=O) groups is 2. The van der Waals surface area contributed by atoms with Crippen LogP contribution in [0.25, 0.3) is 11.4 Å². The van der Waals surface area contributed by atoms with Crippen molar-refractivity contribution in [2.45, 2.75) is 51.4 Å². The number of carbonyl (C=O) groups excluding carboxylic acids is 2. The van der Waals surface area contributed by atoms with Gasteiger partial charge in [-0.1, -0.05) is 30.8 Å². The van der Waals surface area contributed by atoms with Crippen molar-refractivity contribution in [3.05, 3.63) is 30.4 Å². The number of piperazine rings is 1. The first-order valence-corrected chi connectivity index (χ1v) is 11.0. The maximum absolute atomic E-state index is 12.5. The summed E-state index contributed by atoms with van der Waals surface area (Å²) in [6, 6.07) is 3.63. The van der Waals surface area contributed by atoms with E-state index in [0.717, 1.165) is 17.9 Å². The lowest BCUT2D eigenvalue weighted by atomic mass is 10.0. The van der Waals surface area contributed by atoms with Crippen molar-refractivity contribution >= 4 is 11.8 Å². The summed E-state index contributed by atoms with van der Waals surface area (Å²) in [4.78, 5) is 37.1. The van der Waals surface area contributed by atoms with Crippen molar-refractivity contribution in [3.8, 4) is 11.4 Å². The molecule has 0 unspecified atom stereocenters. The third-order valence-electron chi connectivity index (χ3n) is 6.19. The molecule has 0 radical (unpaired) electrons. The Morgan fingerprint density at radius 1 is 0.967 bits per heavy atom. The lowest BCUT2D eigenvalue weighted by molar-refractivity contribution is -0.139. The van der Waals surface area contributed by atoms with Gasteiger partial charge in [0.05, 0.1) is 0 Å². The van der Waals surface area contributed by atoms with Gasteiger partial charge in [0.1, 0.15) is 0 Å². The molecule has 4 rings (SSSR count). The van der Waals surface area contributed by atoms with Gasteiger partial charge in [-0.25, -0.2) is 0 Å². The molecule has 160 valence electrons. The zero-order valence-electron chi connectivity index (χ0n) is 17.3. The van der Waals surface area contributed by atoms with Crippen LogP contribution >= 0.6 is 0 Å². The summed E-state index contributed by atoms with van der Waals surface area (Å²) < 4.78 is 5.27. The summed E-state index contributed by atoms with van der Waals surface area (Å²) in [6.07, 6.45) is 10.9. The molecule has 2 aromatic rings. The van der Waals surface area contributed by atoms with E-state index in [1.54, 1.807) is 12.4 Å². The van der Waals surface area contributed by atoms with E-state index in [9.17, 15) is 9.59 Å². The highest BCUT2D eigenvalue weighted by Gasteiger charge is 2.25. The maximum Gasteiger partial charge on any atom is 0.227 e. The monoisotopic (exact) mass is 411 g/mol. The van der Waals surface area contributed by atoms with Crippen LogP contribution in [-0.4, -0.2) is 62.9 Å². The molecule has 0 aromatic carbocycles. The molecule has 0 atom stereocenters. The Bertz CT molecular complexity index is 839. The van der Waals surface area contributed by atoms with E-state index in [2.05, 4.69) is 15.1 Å². The molecule has 2 aliphatic rings. The summed E-state index contributed by atoms with van der Waals surface area (Å²) >= 11 is 0. The molecular formula is C22H29N5O3.